The lowest BCUT2D eigenvalue weighted by atomic mass is 10.1. The van der Waals surface area contributed by atoms with E-state index in [1.165, 1.54) is 5.56 Å². The van der Waals surface area contributed by atoms with Crippen LogP contribution in [0.1, 0.15) is 37.8 Å². The fraction of sp³-hybridized carbons (Fsp3) is 0.526. The molecule has 1 aromatic rings. The van der Waals surface area contributed by atoms with E-state index in [2.05, 4.69) is 48.8 Å². The van der Waals surface area contributed by atoms with Crippen molar-refractivity contribution in [3.05, 3.63) is 35.4 Å². The average Bonchev–Trinajstić information content (AvgIpc) is 3.19. The van der Waals surface area contributed by atoms with E-state index < -0.39 is 0 Å². The lowest BCUT2D eigenvalue weighted by molar-refractivity contribution is 0.254. The van der Waals surface area contributed by atoms with Crippen LogP contribution in [-0.2, 0) is 13.0 Å². The minimum Gasteiger partial charge on any atom is -0.496 e. The topological polar surface area (TPSA) is 54.9 Å². The van der Waals surface area contributed by atoms with Crippen LogP contribution in [0.25, 0.3) is 0 Å². The Hall–Kier alpha value is -1.44. The van der Waals surface area contributed by atoms with Crippen LogP contribution in [0.15, 0.2) is 29.3 Å². The molecule has 0 fully saturated rings. The molecule has 0 saturated carbocycles. The molecule has 25 heavy (non-hydrogen) atoms. The van der Waals surface area contributed by atoms with Gasteiger partial charge in [0.1, 0.15) is 17.6 Å². The molecular formula is C19H28IN3O2. The summed E-state index contributed by atoms with van der Waals surface area (Å²) in [5.41, 5.74) is 2.27. The van der Waals surface area contributed by atoms with Gasteiger partial charge in [-0.25, -0.2) is 4.99 Å². The van der Waals surface area contributed by atoms with Crippen LogP contribution in [0.4, 0.5) is 0 Å². The van der Waals surface area contributed by atoms with E-state index in [0.717, 1.165) is 48.8 Å². The van der Waals surface area contributed by atoms with E-state index in [1.807, 2.05) is 0 Å². The Morgan fingerprint density at radius 3 is 2.76 bits per heavy atom. The number of nitrogens with one attached hydrogen (secondary N) is 2. The summed E-state index contributed by atoms with van der Waals surface area (Å²) in [6.45, 7) is 5.57. The van der Waals surface area contributed by atoms with Gasteiger partial charge in [0, 0.05) is 30.1 Å². The van der Waals surface area contributed by atoms with Crippen LogP contribution in [0, 0.1) is 0 Å². The summed E-state index contributed by atoms with van der Waals surface area (Å²) >= 11 is 0. The molecule has 2 aliphatic rings. The van der Waals surface area contributed by atoms with Gasteiger partial charge in [-0.3, -0.25) is 0 Å². The van der Waals surface area contributed by atoms with Gasteiger partial charge in [0.05, 0.1) is 13.7 Å². The lowest BCUT2D eigenvalue weighted by Gasteiger charge is -2.17. The predicted molar refractivity (Wildman–Crippen MR) is 112 cm³/mol. The Balaban J connectivity index is 0.00000225. The Labute approximate surface area is 167 Å². The van der Waals surface area contributed by atoms with Gasteiger partial charge < -0.3 is 20.1 Å². The first-order chi connectivity index (χ1) is 11.7. The number of ether oxygens (including phenoxy) is 2. The number of halogens is 1. The highest BCUT2D eigenvalue weighted by Gasteiger charge is 2.21. The normalized spacial score (nSPS) is 19.2. The maximum absolute atomic E-state index is 5.87. The zero-order chi connectivity index (χ0) is 16.9. The molecule has 1 aliphatic heterocycles. The smallest absolute Gasteiger partial charge is 0.191 e. The summed E-state index contributed by atoms with van der Waals surface area (Å²) in [5.74, 6) is 2.70. The molecule has 1 heterocycles. The lowest BCUT2D eigenvalue weighted by Crippen LogP contribution is -2.42. The SMILES string of the molecule is CCNC(=NCc1cc2c(cc1OC)CC(C)O2)NC1CC=CC1.I. The predicted octanol–water partition coefficient (Wildman–Crippen LogP) is 3.41. The first-order valence-corrected chi connectivity index (χ1v) is 8.76. The van der Waals surface area contributed by atoms with E-state index in [0.29, 0.717) is 12.6 Å². The number of nitrogens with zero attached hydrogens (tertiary/aromatic N) is 1. The first kappa shape index (κ1) is 19.9. The highest BCUT2D eigenvalue weighted by atomic mass is 127. The van der Waals surface area contributed by atoms with Crippen molar-refractivity contribution in [1.82, 2.24) is 10.6 Å². The van der Waals surface area contributed by atoms with Crippen molar-refractivity contribution in [2.45, 2.75) is 51.8 Å². The molecule has 5 nitrogen and oxygen atoms in total. The van der Waals surface area contributed by atoms with Crippen LogP contribution < -0.4 is 20.1 Å². The van der Waals surface area contributed by atoms with Gasteiger partial charge in [0.2, 0.25) is 0 Å². The Morgan fingerprint density at radius 2 is 2.08 bits per heavy atom. The van der Waals surface area contributed by atoms with Gasteiger partial charge >= 0.3 is 0 Å². The summed E-state index contributed by atoms with van der Waals surface area (Å²) in [6, 6.07) is 4.60. The monoisotopic (exact) mass is 457 g/mol. The van der Waals surface area contributed by atoms with Crippen molar-refractivity contribution in [3.8, 4) is 11.5 Å². The second-order valence-corrected chi connectivity index (χ2v) is 6.38. The second-order valence-electron chi connectivity index (χ2n) is 6.38. The molecule has 1 aromatic carbocycles. The van der Waals surface area contributed by atoms with Gasteiger partial charge in [-0.05, 0) is 38.8 Å². The molecule has 3 rings (SSSR count). The Bertz CT molecular complexity index is 638. The third kappa shape index (κ3) is 5.03. The third-order valence-corrected chi connectivity index (χ3v) is 4.40. The number of benzene rings is 1. The van der Waals surface area contributed by atoms with Crippen LogP contribution in [0.5, 0.6) is 11.5 Å². The van der Waals surface area contributed by atoms with Crippen LogP contribution in [-0.4, -0.2) is 31.8 Å². The summed E-state index contributed by atoms with van der Waals surface area (Å²) < 4.78 is 11.4. The fourth-order valence-corrected chi connectivity index (χ4v) is 3.21. The third-order valence-electron chi connectivity index (χ3n) is 4.40. The van der Waals surface area contributed by atoms with Gasteiger partial charge in [-0.15, -0.1) is 24.0 Å². The maximum atomic E-state index is 5.87. The molecule has 1 unspecified atom stereocenters. The van der Waals surface area contributed by atoms with Crippen LogP contribution in [0.3, 0.4) is 0 Å². The van der Waals surface area contributed by atoms with E-state index in [1.54, 1.807) is 7.11 Å². The molecule has 0 saturated heterocycles. The molecule has 138 valence electrons. The van der Waals surface area contributed by atoms with Gasteiger partial charge in [0.25, 0.3) is 0 Å². The number of fused-ring (bicyclic) bond motifs is 1. The quantitative estimate of drug-likeness (QED) is 0.308. The minimum absolute atomic E-state index is 0. The highest BCUT2D eigenvalue weighted by molar-refractivity contribution is 14.0. The number of guanidine groups is 1. The molecule has 1 aliphatic carbocycles. The van der Waals surface area contributed by atoms with Crippen molar-refractivity contribution in [2.24, 2.45) is 4.99 Å². The summed E-state index contributed by atoms with van der Waals surface area (Å²) in [6.07, 6.45) is 7.70. The Morgan fingerprint density at radius 1 is 1.32 bits per heavy atom. The zero-order valence-electron chi connectivity index (χ0n) is 15.2. The number of aliphatic imine (C=N–C) groups is 1. The second kappa shape index (κ2) is 9.31. The molecule has 0 spiro atoms. The molecule has 2 N–H and O–H groups in total. The molecule has 0 radical (unpaired) electrons. The van der Waals surface area contributed by atoms with Gasteiger partial charge in [-0.1, -0.05) is 12.2 Å². The van der Waals surface area contributed by atoms with Crippen molar-refractivity contribution in [3.63, 3.8) is 0 Å². The number of hydrogen-bond acceptors (Lipinski definition) is 3. The van der Waals surface area contributed by atoms with E-state index in [9.17, 15) is 0 Å². The van der Waals surface area contributed by atoms with Gasteiger partial charge in [0.15, 0.2) is 5.96 Å². The maximum Gasteiger partial charge on any atom is 0.191 e. The molecule has 6 heteroatoms. The summed E-state index contributed by atoms with van der Waals surface area (Å²) in [7, 11) is 1.71. The zero-order valence-corrected chi connectivity index (χ0v) is 17.5. The molecule has 1 atom stereocenters. The Kier molecular flexibility index (Phi) is 7.40. The molecule has 0 aromatic heterocycles. The number of hydrogen-bond donors (Lipinski definition) is 2. The highest BCUT2D eigenvalue weighted by Crippen LogP contribution is 2.35. The largest absolute Gasteiger partial charge is 0.496 e. The van der Waals surface area contributed by atoms with Crippen molar-refractivity contribution >= 4 is 29.9 Å². The van der Waals surface area contributed by atoms with Crippen molar-refractivity contribution in [1.29, 1.82) is 0 Å². The summed E-state index contributed by atoms with van der Waals surface area (Å²) in [5, 5.41) is 6.80. The molecular weight excluding hydrogens is 429 g/mol. The number of rotatable bonds is 5. The first-order valence-electron chi connectivity index (χ1n) is 8.76. The molecule has 0 amide bonds. The fourth-order valence-electron chi connectivity index (χ4n) is 3.21. The average molecular weight is 457 g/mol. The van der Waals surface area contributed by atoms with Crippen molar-refractivity contribution in [2.75, 3.05) is 13.7 Å². The van der Waals surface area contributed by atoms with Crippen LogP contribution >= 0.6 is 24.0 Å². The van der Waals surface area contributed by atoms with Crippen molar-refractivity contribution < 1.29 is 9.47 Å². The standard InChI is InChI=1S/C19H27N3O2.HI/c1-4-20-19(22-16-7-5-6-8-16)21-12-15-11-18-14(9-13(2)24-18)10-17(15)23-3;/h5-6,10-11,13,16H,4,7-9,12H2,1-3H3,(H2,20,21,22);1H. The van der Waals surface area contributed by atoms with E-state index in [4.69, 9.17) is 14.5 Å². The number of methoxy groups -OCH3 is 1. The van der Waals surface area contributed by atoms with Crippen LogP contribution in [0.2, 0.25) is 0 Å². The van der Waals surface area contributed by atoms with Gasteiger partial charge in [-0.2, -0.15) is 0 Å². The van der Waals surface area contributed by atoms with E-state index >= 15 is 0 Å². The van der Waals surface area contributed by atoms with E-state index in [-0.39, 0.29) is 30.1 Å². The summed E-state index contributed by atoms with van der Waals surface area (Å²) in [4.78, 5) is 4.73. The minimum atomic E-state index is 0. The molecule has 0 bridgehead atoms.